The molecule has 0 unspecified atom stereocenters. The summed E-state index contributed by atoms with van der Waals surface area (Å²) in [5.41, 5.74) is 10.8. The van der Waals surface area contributed by atoms with Crippen molar-refractivity contribution in [2.75, 3.05) is 6.54 Å². The number of hydrogen-bond donors (Lipinski definition) is 2. The Morgan fingerprint density at radius 2 is 2.00 bits per heavy atom. The average molecular weight is 225 g/mol. The summed E-state index contributed by atoms with van der Waals surface area (Å²) in [5, 5.41) is 1.33. The van der Waals surface area contributed by atoms with E-state index in [1.54, 1.807) is 0 Å². The van der Waals surface area contributed by atoms with Crippen LogP contribution in [0.25, 0.3) is 10.9 Å². The van der Waals surface area contributed by atoms with Gasteiger partial charge in [0.2, 0.25) is 0 Å². The Morgan fingerprint density at radius 1 is 1.27 bits per heavy atom. The molecular formula is C12H17ClN2. The van der Waals surface area contributed by atoms with Crippen molar-refractivity contribution in [3.63, 3.8) is 0 Å². The maximum absolute atomic E-state index is 5.60. The molecule has 0 atom stereocenters. The molecular weight excluding hydrogens is 208 g/mol. The zero-order valence-electron chi connectivity index (χ0n) is 9.13. The lowest BCUT2D eigenvalue weighted by molar-refractivity contribution is 0.963. The number of nitrogens with one attached hydrogen (secondary N) is 1. The van der Waals surface area contributed by atoms with E-state index in [1.807, 2.05) is 0 Å². The number of halogens is 1. The molecule has 3 N–H and O–H groups in total. The molecule has 3 heteroatoms. The first-order valence-corrected chi connectivity index (χ1v) is 5.01. The lowest BCUT2D eigenvalue weighted by Gasteiger charge is -1.98. The summed E-state index contributed by atoms with van der Waals surface area (Å²) in [4.78, 5) is 3.42. The van der Waals surface area contributed by atoms with Gasteiger partial charge in [-0.1, -0.05) is 18.2 Å². The highest BCUT2D eigenvalue weighted by Crippen LogP contribution is 2.24. The normalized spacial score (nSPS) is 10.3. The fourth-order valence-corrected chi connectivity index (χ4v) is 2.02. The van der Waals surface area contributed by atoms with Gasteiger partial charge < -0.3 is 10.7 Å². The van der Waals surface area contributed by atoms with Crippen LogP contribution in [0, 0.1) is 13.8 Å². The largest absolute Gasteiger partial charge is 0.358 e. The summed E-state index contributed by atoms with van der Waals surface area (Å²) in [5.74, 6) is 0. The summed E-state index contributed by atoms with van der Waals surface area (Å²) in [6, 6.07) is 6.40. The first-order valence-electron chi connectivity index (χ1n) is 5.01. The van der Waals surface area contributed by atoms with E-state index < -0.39 is 0 Å². The van der Waals surface area contributed by atoms with Crippen LogP contribution >= 0.6 is 12.4 Å². The van der Waals surface area contributed by atoms with Gasteiger partial charge >= 0.3 is 0 Å². The second kappa shape index (κ2) is 4.69. The van der Waals surface area contributed by atoms with Crippen LogP contribution in [-0.2, 0) is 6.42 Å². The zero-order valence-corrected chi connectivity index (χ0v) is 9.95. The molecule has 0 aliphatic carbocycles. The zero-order chi connectivity index (χ0) is 10.1. The Kier molecular flexibility index (Phi) is 3.77. The van der Waals surface area contributed by atoms with Gasteiger partial charge in [0, 0.05) is 16.6 Å². The Hall–Kier alpha value is -0.990. The maximum Gasteiger partial charge on any atom is 0.0488 e. The molecule has 2 aromatic rings. The van der Waals surface area contributed by atoms with Crippen molar-refractivity contribution in [3.05, 3.63) is 35.0 Å². The number of hydrogen-bond acceptors (Lipinski definition) is 1. The number of para-hydroxylation sites is 1. The van der Waals surface area contributed by atoms with E-state index in [2.05, 4.69) is 37.0 Å². The van der Waals surface area contributed by atoms with Crippen molar-refractivity contribution < 1.29 is 0 Å². The summed E-state index contributed by atoms with van der Waals surface area (Å²) < 4.78 is 0. The Morgan fingerprint density at radius 3 is 2.67 bits per heavy atom. The molecule has 1 heterocycles. The van der Waals surface area contributed by atoms with Crippen LogP contribution in [0.15, 0.2) is 18.2 Å². The lowest BCUT2D eigenvalue weighted by Crippen LogP contribution is -2.03. The molecule has 0 saturated heterocycles. The molecule has 0 aliphatic heterocycles. The van der Waals surface area contributed by atoms with Crippen molar-refractivity contribution in [1.82, 2.24) is 4.98 Å². The molecule has 2 rings (SSSR count). The first kappa shape index (κ1) is 12.1. The van der Waals surface area contributed by atoms with Gasteiger partial charge in [-0.05, 0) is 37.9 Å². The van der Waals surface area contributed by atoms with Gasteiger partial charge in [-0.2, -0.15) is 0 Å². The number of aromatic nitrogens is 1. The van der Waals surface area contributed by atoms with Crippen LogP contribution in [0.4, 0.5) is 0 Å². The van der Waals surface area contributed by atoms with E-state index in [9.17, 15) is 0 Å². The number of nitrogens with two attached hydrogens (primary N) is 1. The predicted molar refractivity (Wildman–Crippen MR) is 67.8 cm³/mol. The third kappa shape index (κ3) is 2.01. The molecule has 0 bridgehead atoms. The highest BCUT2D eigenvalue weighted by Gasteiger charge is 2.07. The SMILES string of the molecule is Cc1[nH]c2c(C)cccc2c1CCN.Cl. The molecule has 15 heavy (non-hydrogen) atoms. The minimum absolute atomic E-state index is 0. The van der Waals surface area contributed by atoms with Crippen LogP contribution in [0.5, 0.6) is 0 Å². The molecule has 82 valence electrons. The van der Waals surface area contributed by atoms with E-state index in [4.69, 9.17) is 5.73 Å². The molecule has 1 aromatic carbocycles. The number of aromatic amines is 1. The molecule has 0 fully saturated rings. The van der Waals surface area contributed by atoms with Crippen molar-refractivity contribution in [2.24, 2.45) is 5.73 Å². The van der Waals surface area contributed by atoms with Crippen molar-refractivity contribution in [2.45, 2.75) is 20.3 Å². The molecule has 0 aliphatic rings. The number of aryl methyl sites for hydroxylation is 2. The number of benzene rings is 1. The molecule has 1 aromatic heterocycles. The Labute approximate surface area is 96.3 Å². The van der Waals surface area contributed by atoms with E-state index in [-0.39, 0.29) is 12.4 Å². The fourth-order valence-electron chi connectivity index (χ4n) is 2.02. The third-order valence-corrected chi connectivity index (χ3v) is 2.76. The minimum atomic E-state index is 0. The van der Waals surface area contributed by atoms with Gasteiger partial charge in [0.25, 0.3) is 0 Å². The summed E-state index contributed by atoms with van der Waals surface area (Å²) in [6.07, 6.45) is 0.954. The van der Waals surface area contributed by atoms with Crippen LogP contribution in [0.3, 0.4) is 0 Å². The Bertz CT molecular complexity index is 460. The fraction of sp³-hybridized carbons (Fsp3) is 0.333. The second-order valence-corrected chi connectivity index (χ2v) is 3.76. The minimum Gasteiger partial charge on any atom is -0.358 e. The van der Waals surface area contributed by atoms with Crippen molar-refractivity contribution >= 4 is 23.3 Å². The van der Waals surface area contributed by atoms with Crippen LogP contribution in [0.1, 0.15) is 16.8 Å². The first-order chi connectivity index (χ1) is 6.74. The molecule has 0 spiro atoms. The molecule has 0 saturated carbocycles. The van der Waals surface area contributed by atoms with E-state index in [0.717, 1.165) is 6.42 Å². The summed E-state index contributed by atoms with van der Waals surface area (Å²) in [6.45, 7) is 4.96. The number of rotatable bonds is 2. The Balaban J connectivity index is 0.00000112. The van der Waals surface area contributed by atoms with Gasteiger partial charge in [-0.15, -0.1) is 12.4 Å². The molecule has 0 amide bonds. The van der Waals surface area contributed by atoms with Gasteiger partial charge in [0.15, 0.2) is 0 Å². The van der Waals surface area contributed by atoms with Crippen LogP contribution in [0.2, 0.25) is 0 Å². The maximum atomic E-state index is 5.60. The predicted octanol–water partition coefficient (Wildman–Crippen LogP) is 2.71. The smallest absolute Gasteiger partial charge is 0.0488 e. The standard InChI is InChI=1S/C12H16N2.ClH/c1-8-4-3-5-11-10(6-7-13)9(2)14-12(8)11;/h3-5,14H,6-7,13H2,1-2H3;1H. The van der Waals surface area contributed by atoms with Gasteiger partial charge in [0.05, 0.1) is 0 Å². The molecule has 2 nitrogen and oxygen atoms in total. The quantitative estimate of drug-likeness (QED) is 0.809. The lowest BCUT2D eigenvalue weighted by atomic mass is 10.1. The van der Waals surface area contributed by atoms with Crippen LogP contribution in [-0.4, -0.2) is 11.5 Å². The molecule has 0 radical (unpaired) electrons. The number of H-pyrrole nitrogens is 1. The number of fused-ring (bicyclic) bond motifs is 1. The van der Waals surface area contributed by atoms with Gasteiger partial charge in [0.1, 0.15) is 0 Å². The van der Waals surface area contributed by atoms with Crippen LogP contribution < -0.4 is 5.73 Å². The third-order valence-electron chi connectivity index (χ3n) is 2.76. The highest BCUT2D eigenvalue weighted by molar-refractivity contribution is 5.87. The topological polar surface area (TPSA) is 41.8 Å². The highest BCUT2D eigenvalue weighted by atomic mass is 35.5. The second-order valence-electron chi connectivity index (χ2n) is 3.76. The average Bonchev–Trinajstić information content (AvgIpc) is 2.47. The van der Waals surface area contributed by atoms with E-state index >= 15 is 0 Å². The van der Waals surface area contributed by atoms with E-state index in [0.29, 0.717) is 6.54 Å². The van der Waals surface area contributed by atoms with Gasteiger partial charge in [-0.25, -0.2) is 0 Å². The summed E-state index contributed by atoms with van der Waals surface area (Å²) >= 11 is 0. The summed E-state index contributed by atoms with van der Waals surface area (Å²) in [7, 11) is 0. The monoisotopic (exact) mass is 224 g/mol. The van der Waals surface area contributed by atoms with Gasteiger partial charge in [-0.3, -0.25) is 0 Å². The van der Waals surface area contributed by atoms with E-state index in [1.165, 1.54) is 27.7 Å². The van der Waals surface area contributed by atoms with Crippen molar-refractivity contribution in [1.29, 1.82) is 0 Å². The van der Waals surface area contributed by atoms with Crippen molar-refractivity contribution in [3.8, 4) is 0 Å².